The van der Waals surface area contributed by atoms with E-state index in [1.165, 1.54) is 23.1 Å². The average molecular weight is 545 g/mol. The van der Waals surface area contributed by atoms with E-state index in [0.717, 1.165) is 12.8 Å². The fourth-order valence-electron chi connectivity index (χ4n) is 4.76. The molecular weight excluding hydrogens is 496 g/mol. The quantitative estimate of drug-likeness (QED) is 0.122. The molecule has 0 spiro atoms. The second kappa shape index (κ2) is 14.1. The molecule has 0 radical (unpaired) electrons. The summed E-state index contributed by atoms with van der Waals surface area (Å²) >= 11 is 0. The third-order valence-corrected chi connectivity index (χ3v) is 13.0. The molecular formula is C35H48O3Si. The van der Waals surface area contributed by atoms with E-state index in [1.807, 2.05) is 12.1 Å². The van der Waals surface area contributed by atoms with Gasteiger partial charge in [-0.1, -0.05) is 114 Å². The van der Waals surface area contributed by atoms with Crippen LogP contribution >= 0.6 is 0 Å². The first-order chi connectivity index (χ1) is 18.5. The molecule has 3 aromatic rings. The van der Waals surface area contributed by atoms with Gasteiger partial charge in [0.15, 0.2) is 8.32 Å². The van der Waals surface area contributed by atoms with Gasteiger partial charge in [-0.05, 0) is 71.6 Å². The van der Waals surface area contributed by atoms with Crippen LogP contribution in [0.25, 0.3) is 0 Å². The number of carbonyl (C=O) groups is 1. The maximum absolute atomic E-state index is 12.8. The molecule has 4 heteroatoms. The third kappa shape index (κ3) is 8.91. The molecule has 39 heavy (non-hydrogen) atoms. The standard InChI is InChI=1S/C35H48O3Si/c1-8-27(2)25-32(28-15-11-9-12-16-28)26-33(29-17-13-10-14-18-29)30-19-21-31(22-20-30)34(36)37-23-24-38-39(6,7)35(3,4)5/h9-22,27,32-33H,8,23-26H2,1-7H3. The van der Waals surface area contributed by atoms with Crippen molar-refractivity contribution in [1.29, 1.82) is 0 Å². The molecule has 0 aromatic heterocycles. The smallest absolute Gasteiger partial charge is 0.338 e. The Morgan fingerprint density at radius 3 is 1.85 bits per heavy atom. The normalized spacial score (nSPS) is 14.4. The van der Waals surface area contributed by atoms with Gasteiger partial charge in [0.05, 0.1) is 12.2 Å². The van der Waals surface area contributed by atoms with Crippen LogP contribution in [-0.4, -0.2) is 27.5 Å². The molecule has 0 amide bonds. The van der Waals surface area contributed by atoms with Gasteiger partial charge in [0.25, 0.3) is 0 Å². The predicted octanol–water partition coefficient (Wildman–Crippen LogP) is 9.61. The number of hydrogen-bond acceptors (Lipinski definition) is 3. The van der Waals surface area contributed by atoms with E-state index in [4.69, 9.17) is 9.16 Å². The number of hydrogen-bond donors (Lipinski definition) is 0. The third-order valence-electron chi connectivity index (χ3n) is 8.51. The first-order valence-electron chi connectivity index (χ1n) is 14.5. The maximum Gasteiger partial charge on any atom is 0.338 e. The van der Waals surface area contributed by atoms with Crippen LogP contribution in [-0.2, 0) is 9.16 Å². The zero-order valence-corrected chi connectivity index (χ0v) is 26.1. The van der Waals surface area contributed by atoms with Crippen LogP contribution in [0.5, 0.6) is 0 Å². The van der Waals surface area contributed by atoms with Crippen molar-refractivity contribution < 1.29 is 14.0 Å². The van der Waals surface area contributed by atoms with Crippen LogP contribution in [0.1, 0.15) is 92.8 Å². The van der Waals surface area contributed by atoms with Crippen molar-refractivity contribution >= 4 is 14.3 Å². The SMILES string of the molecule is CCC(C)CC(CC(c1ccccc1)c1ccc(C(=O)OCCO[Si](C)(C)C(C)(C)C)cc1)c1ccccc1. The van der Waals surface area contributed by atoms with E-state index in [1.54, 1.807) is 0 Å². The second-order valence-corrected chi connectivity index (χ2v) is 17.2. The van der Waals surface area contributed by atoms with Crippen LogP contribution in [0.15, 0.2) is 84.9 Å². The van der Waals surface area contributed by atoms with Gasteiger partial charge in [-0.15, -0.1) is 0 Å². The molecule has 3 atom stereocenters. The van der Waals surface area contributed by atoms with Gasteiger partial charge in [-0.25, -0.2) is 4.79 Å². The van der Waals surface area contributed by atoms with Gasteiger partial charge in [0.1, 0.15) is 6.61 Å². The first-order valence-corrected chi connectivity index (χ1v) is 17.4. The zero-order valence-electron chi connectivity index (χ0n) is 25.1. The van der Waals surface area contributed by atoms with Gasteiger partial charge in [-0.3, -0.25) is 0 Å². The molecule has 0 aliphatic carbocycles. The summed E-state index contributed by atoms with van der Waals surface area (Å²) < 4.78 is 11.7. The lowest BCUT2D eigenvalue weighted by Crippen LogP contribution is -2.41. The molecule has 0 N–H and O–H groups in total. The largest absolute Gasteiger partial charge is 0.460 e. The van der Waals surface area contributed by atoms with E-state index in [2.05, 4.69) is 121 Å². The summed E-state index contributed by atoms with van der Waals surface area (Å²) in [5.74, 6) is 1.06. The fraction of sp³-hybridized carbons (Fsp3) is 0.457. The van der Waals surface area contributed by atoms with Crippen molar-refractivity contribution in [3.05, 3.63) is 107 Å². The Hall–Kier alpha value is -2.69. The molecule has 0 fully saturated rings. The molecule has 3 aromatic carbocycles. The molecule has 0 bridgehead atoms. The van der Waals surface area contributed by atoms with E-state index in [0.29, 0.717) is 24.0 Å². The van der Waals surface area contributed by atoms with E-state index in [-0.39, 0.29) is 23.5 Å². The number of carbonyl (C=O) groups excluding carboxylic acids is 1. The summed E-state index contributed by atoms with van der Waals surface area (Å²) in [6.45, 7) is 16.4. The molecule has 0 saturated carbocycles. The summed E-state index contributed by atoms with van der Waals surface area (Å²) in [5, 5.41) is 0.135. The van der Waals surface area contributed by atoms with Crippen molar-refractivity contribution in [2.24, 2.45) is 5.92 Å². The van der Waals surface area contributed by atoms with E-state index in [9.17, 15) is 4.79 Å². The van der Waals surface area contributed by atoms with Gasteiger partial charge in [0.2, 0.25) is 0 Å². The predicted molar refractivity (Wildman–Crippen MR) is 166 cm³/mol. The minimum atomic E-state index is -1.85. The summed E-state index contributed by atoms with van der Waals surface area (Å²) in [6, 6.07) is 29.7. The summed E-state index contributed by atoms with van der Waals surface area (Å²) in [4.78, 5) is 12.8. The summed E-state index contributed by atoms with van der Waals surface area (Å²) in [7, 11) is -1.85. The molecule has 0 heterocycles. The van der Waals surface area contributed by atoms with Crippen molar-refractivity contribution in [3.8, 4) is 0 Å². The van der Waals surface area contributed by atoms with Crippen LogP contribution in [0.3, 0.4) is 0 Å². The summed E-state index contributed by atoms with van der Waals surface area (Å²) in [6.07, 6.45) is 3.36. The van der Waals surface area contributed by atoms with Gasteiger partial charge >= 0.3 is 5.97 Å². The Balaban J connectivity index is 1.74. The topological polar surface area (TPSA) is 35.5 Å². The highest BCUT2D eigenvalue weighted by Crippen LogP contribution is 2.39. The Morgan fingerprint density at radius 1 is 0.769 bits per heavy atom. The lowest BCUT2D eigenvalue weighted by molar-refractivity contribution is 0.0441. The van der Waals surface area contributed by atoms with Crippen LogP contribution in [0, 0.1) is 5.92 Å². The first kappa shape index (κ1) is 30.8. The molecule has 0 aliphatic heterocycles. The highest BCUT2D eigenvalue weighted by Gasteiger charge is 2.37. The van der Waals surface area contributed by atoms with E-state index >= 15 is 0 Å². The monoisotopic (exact) mass is 544 g/mol. The number of ether oxygens (including phenoxy) is 1. The number of rotatable bonds is 13. The Kier molecular flexibility index (Phi) is 11.1. The highest BCUT2D eigenvalue weighted by atomic mass is 28.4. The number of benzene rings is 3. The molecule has 3 unspecified atom stereocenters. The molecule has 3 rings (SSSR count). The maximum atomic E-state index is 12.8. The number of esters is 1. The van der Waals surface area contributed by atoms with Crippen LogP contribution in [0.4, 0.5) is 0 Å². The average Bonchev–Trinajstić information content (AvgIpc) is 2.93. The van der Waals surface area contributed by atoms with Crippen molar-refractivity contribution in [2.75, 3.05) is 13.2 Å². The molecule has 3 nitrogen and oxygen atoms in total. The van der Waals surface area contributed by atoms with Crippen molar-refractivity contribution in [1.82, 2.24) is 0 Å². The Morgan fingerprint density at radius 2 is 1.31 bits per heavy atom. The minimum absolute atomic E-state index is 0.135. The van der Waals surface area contributed by atoms with E-state index < -0.39 is 8.32 Å². The molecule has 0 aliphatic rings. The second-order valence-electron chi connectivity index (χ2n) is 12.4. The highest BCUT2D eigenvalue weighted by molar-refractivity contribution is 6.74. The fourth-order valence-corrected chi connectivity index (χ4v) is 5.79. The summed E-state index contributed by atoms with van der Waals surface area (Å²) in [5.41, 5.74) is 4.51. The van der Waals surface area contributed by atoms with Crippen LogP contribution < -0.4 is 0 Å². The van der Waals surface area contributed by atoms with Gasteiger partial charge in [0, 0.05) is 5.92 Å². The Labute approximate surface area is 238 Å². The van der Waals surface area contributed by atoms with Crippen molar-refractivity contribution in [3.63, 3.8) is 0 Å². The van der Waals surface area contributed by atoms with Gasteiger partial charge in [-0.2, -0.15) is 0 Å². The molecule has 210 valence electrons. The zero-order chi connectivity index (χ0) is 28.5. The van der Waals surface area contributed by atoms with Crippen LogP contribution in [0.2, 0.25) is 18.1 Å². The Bertz CT molecular complexity index is 1130. The lowest BCUT2D eigenvalue weighted by Gasteiger charge is -2.36. The van der Waals surface area contributed by atoms with Gasteiger partial charge < -0.3 is 9.16 Å². The minimum Gasteiger partial charge on any atom is -0.460 e. The molecule has 0 saturated heterocycles. The lowest BCUT2D eigenvalue weighted by atomic mass is 9.77. The van der Waals surface area contributed by atoms with Crippen molar-refractivity contribution in [2.45, 2.75) is 83.8 Å².